The number of benzene rings is 2. The molecule has 2 aromatic carbocycles. The maximum Gasteiger partial charge on any atom is 0.220 e. The Morgan fingerprint density at radius 2 is 1.91 bits per heavy atom. The molecule has 3 aromatic rings. The zero-order valence-corrected chi connectivity index (χ0v) is 18.9. The highest BCUT2D eigenvalue weighted by Gasteiger charge is 2.16. The first-order valence-electron chi connectivity index (χ1n) is 11.7. The number of nitrogens with zero attached hydrogens (tertiary/aromatic N) is 2. The van der Waals surface area contributed by atoms with E-state index in [1.54, 1.807) is 6.20 Å². The third kappa shape index (κ3) is 6.54. The molecule has 1 amide bonds. The largest absolute Gasteiger partial charge is 0.441 e. The Balaban J connectivity index is 1.16. The van der Waals surface area contributed by atoms with E-state index in [4.69, 9.17) is 4.42 Å². The predicted octanol–water partition coefficient (Wildman–Crippen LogP) is 5.21. The van der Waals surface area contributed by atoms with E-state index in [0.29, 0.717) is 31.7 Å². The van der Waals surface area contributed by atoms with Gasteiger partial charge in [0.2, 0.25) is 5.91 Å². The molecule has 1 aromatic heterocycles. The van der Waals surface area contributed by atoms with Gasteiger partial charge >= 0.3 is 0 Å². The topological polar surface area (TPSA) is 58.4 Å². The van der Waals surface area contributed by atoms with Gasteiger partial charge < -0.3 is 9.73 Å². The van der Waals surface area contributed by atoms with Crippen molar-refractivity contribution in [3.05, 3.63) is 77.8 Å². The maximum atomic E-state index is 12.2. The van der Waals surface area contributed by atoms with Crippen molar-refractivity contribution in [2.45, 2.75) is 52.1 Å². The van der Waals surface area contributed by atoms with Crippen molar-refractivity contribution in [3.63, 3.8) is 0 Å². The van der Waals surface area contributed by atoms with Crippen molar-refractivity contribution in [2.24, 2.45) is 5.92 Å². The lowest BCUT2D eigenvalue weighted by Gasteiger charge is -2.30. The highest BCUT2D eigenvalue weighted by molar-refractivity contribution is 5.75. The van der Waals surface area contributed by atoms with Crippen LogP contribution in [0.1, 0.15) is 49.6 Å². The molecule has 0 bridgehead atoms. The van der Waals surface area contributed by atoms with E-state index in [1.807, 2.05) is 30.3 Å². The van der Waals surface area contributed by atoms with Crippen molar-refractivity contribution in [1.29, 1.82) is 0 Å². The van der Waals surface area contributed by atoms with Gasteiger partial charge in [-0.15, -0.1) is 0 Å². The molecular formula is C27H33N3O2. The zero-order chi connectivity index (χ0) is 22.2. The number of aromatic nitrogens is 1. The minimum Gasteiger partial charge on any atom is -0.441 e. The van der Waals surface area contributed by atoms with Crippen LogP contribution in [-0.2, 0) is 24.3 Å². The van der Waals surface area contributed by atoms with Crippen molar-refractivity contribution in [2.75, 3.05) is 13.1 Å². The van der Waals surface area contributed by atoms with Crippen LogP contribution in [0.3, 0.4) is 0 Å². The number of piperidine rings is 1. The fourth-order valence-corrected chi connectivity index (χ4v) is 4.30. The molecule has 0 spiro atoms. The number of rotatable bonds is 9. The van der Waals surface area contributed by atoms with E-state index in [0.717, 1.165) is 29.3 Å². The van der Waals surface area contributed by atoms with E-state index in [1.165, 1.54) is 31.5 Å². The third-order valence-electron chi connectivity index (χ3n) is 6.07. The second kappa shape index (κ2) is 11.1. The van der Waals surface area contributed by atoms with Gasteiger partial charge in [-0.1, -0.05) is 61.5 Å². The first kappa shape index (κ1) is 22.3. The Hall–Kier alpha value is -2.92. The number of hydrogen-bond acceptors (Lipinski definition) is 4. The Labute approximate surface area is 190 Å². The smallest absolute Gasteiger partial charge is 0.220 e. The van der Waals surface area contributed by atoms with Gasteiger partial charge in [-0.3, -0.25) is 9.69 Å². The third-order valence-corrected chi connectivity index (χ3v) is 6.07. The fraction of sp³-hybridized carbons (Fsp3) is 0.407. The normalized spacial score (nSPS) is 16.7. The highest BCUT2D eigenvalue weighted by atomic mass is 16.4. The average molecular weight is 432 g/mol. The van der Waals surface area contributed by atoms with E-state index in [-0.39, 0.29) is 5.91 Å². The molecule has 1 aliphatic heterocycles. The summed E-state index contributed by atoms with van der Waals surface area (Å²) in [5.41, 5.74) is 3.49. The molecule has 1 atom stereocenters. The van der Waals surface area contributed by atoms with Gasteiger partial charge in [0.1, 0.15) is 0 Å². The summed E-state index contributed by atoms with van der Waals surface area (Å²) in [5, 5.41) is 3.02. The molecule has 2 heterocycles. The molecular weight excluding hydrogens is 398 g/mol. The SMILES string of the molecule is C[C@@H]1CCCN(Cc2ccc(CNC(=O)CCCc3ncc(-c4ccccc4)o3)cc2)C1. The van der Waals surface area contributed by atoms with Crippen LogP contribution in [-0.4, -0.2) is 28.9 Å². The van der Waals surface area contributed by atoms with Gasteiger partial charge in [0.25, 0.3) is 0 Å². The first-order valence-corrected chi connectivity index (χ1v) is 11.7. The van der Waals surface area contributed by atoms with Crippen molar-refractivity contribution in [1.82, 2.24) is 15.2 Å². The standard InChI is InChI=1S/C27H33N3O2/c1-21-7-6-16-30(19-21)20-23-14-12-22(13-15-23)17-28-26(31)10-5-11-27-29-18-25(32-27)24-8-3-2-4-9-24/h2-4,8-9,12-15,18,21H,5-7,10-11,16-17,19-20H2,1H3,(H,28,31)/t21-/m1/s1. The van der Waals surface area contributed by atoms with Crippen LogP contribution in [0.2, 0.25) is 0 Å². The van der Waals surface area contributed by atoms with Crippen molar-refractivity contribution in [3.8, 4) is 11.3 Å². The summed E-state index contributed by atoms with van der Waals surface area (Å²) in [6.07, 6.45) is 6.24. The minimum absolute atomic E-state index is 0.0613. The molecule has 0 unspecified atom stereocenters. The zero-order valence-electron chi connectivity index (χ0n) is 18.9. The molecule has 0 radical (unpaired) electrons. The molecule has 5 nitrogen and oxygen atoms in total. The van der Waals surface area contributed by atoms with Crippen LogP contribution < -0.4 is 5.32 Å². The summed E-state index contributed by atoms with van der Waals surface area (Å²) in [7, 11) is 0. The summed E-state index contributed by atoms with van der Waals surface area (Å²) in [5.74, 6) is 2.30. The van der Waals surface area contributed by atoms with Crippen LogP contribution in [0.25, 0.3) is 11.3 Å². The van der Waals surface area contributed by atoms with Gasteiger partial charge in [0.15, 0.2) is 11.7 Å². The molecule has 0 saturated carbocycles. The summed E-state index contributed by atoms with van der Waals surface area (Å²) in [6.45, 7) is 6.31. The van der Waals surface area contributed by atoms with Crippen molar-refractivity contribution >= 4 is 5.91 Å². The van der Waals surface area contributed by atoms with Crippen LogP contribution in [0.4, 0.5) is 0 Å². The van der Waals surface area contributed by atoms with Crippen LogP contribution in [0, 0.1) is 5.92 Å². The number of likely N-dealkylation sites (tertiary alicyclic amines) is 1. The number of aryl methyl sites for hydroxylation is 1. The molecule has 4 rings (SSSR count). The number of nitrogens with one attached hydrogen (secondary N) is 1. The van der Waals surface area contributed by atoms with Gasteiger partial charge in [-0.05, 0) is 42.9 Å². The molecule has 1 saturated heterocycles. The molecule has 5 heteroatoms. The van der Waals surface area contributed by atoms with Crippen LogP contribution in [0.15, 0.2) is 65.2 Å². The molecule has 1 N–H and O–H groups in total. The fourth-order valence-electron chi connectivity index (χ4n) is 4.30. The molecule has 1 fully saturated rings. The highest BCUT2D eigenvalue weighted by Crippen LogP contribution is 2.21. The molecule has 168 valence electrons. The average Bonchev–Trinajstić information content (AvgIpc) is 3.28. The van der Waals surface area contributed by atoms with E-state index >= 15 is 0 Å². The van der Waals surface area contributed by atoms with Gasteiger partial charge in [-0.2, -0.15) is 0 Å². The number of carbonyl (C=O) groups excluding carboxylic acids is 1. The predicted molar refractivity (Wildman–Crippen MR) is 127 cm³/mol. The van der Waals surface area contributed by atoms with E-state index < -0.39 is 0 Å². The van der Waals surface area contributed by atoms with Crippen molar-refractivity contribution < 1.29 is 9.21 Å². The lowest BCUT2D eigenvalue weighted by molar-refractivity contribution is -0.121. The van der Waals surface area contributed by atoms with Gasteiger partial charge in [-0.25, -0.2) is 4.98 Å². The Morgan fingerprint density at radius 3 is 2.69 bits per heavy atom. The second-order valence-electron chi connectivity index (χ2n) is 8.91. The van der Waals surface area contributed by atoms with Gasteiger partial charge in [0, 0.05) is 38.0 Å². The lowest BCUT2D eigenvalue weighted by Crippen LogP contribution is -2.33. The second-order valence-corrected chi connectivity index (χ2v) is 8.91. The van der Waals surface area contributed by atoms with Crippen LogP contribution >= 0.6 is 0 Å². The number of hydrogen-bond donors (Lipinski definition) is 1. The summed E-state index contributed by atoms with van der Waals surface area (Å²) in [6, 6.07) is 18.6. The van der Waals surface area contributed by atoms with Gasteiger partial charge in [0.05, 0.1) is 6.20 Å². The Kier molecular flexibility index (Phi) is 7.73. The lowest BCUT2D eigenvalue weighted by atomic mass is 9.99. The molecule has 1 aliphatic rings. The number of amides is 1. The monoisotopic (exact) mass is 431 g/mol. The summed E-state index contributed by atoms with van der Waals surface area (Å²) >= 11 is 0. The summed E-state index contributed by atoms with van der Waals surface area (Å²) < 4.78 is 5.81. The Morgan fingerprint density at radius 1 is 1.12 bits per heavy atom. The van der Waals surface area contributed by atoms with E-state index in [2.05, 4.69) is 46.4 Å². The van der Waals surface area contributed by atoms with E-state index in [9.17, 15) is 4.79 Å². The van der Waals surface area contributed by atoms with Crippen LogP contribution in [0.5, 0.6) is 0 Å². The molecule has 0 aliphatic carbocycles. The quantitative estimate of drug-likeness (QED) is 0.505. The molecule has 32 heavy (non-hydrogen) atoms. The maximum absolute atomic E-state index is 12.2. The Bertz CT molecular complexity index is 982. The number of oxazole rings is 1. The minimum atomic E-state index is 0.0613. The summed E-state index contributed by atoms with van der Waals surface area (Å²) in [4.78, 5) is 19.1. The first-order chi connectivity index (χ1) is 15.7. The number of carbonyl (C=O) groups is 1.